The first-order valence-electron chi connectivity index (χ1n) is 8.99. The summed E-state index contributed by atoms with van der Waals surface area (Å²) >= 11 is 15.1. The average Bonchev–Trinajstić information content (AvgIpc) is 2.77. The van der Waals surface area contributed by atoms with Crippen LogP contribution in [0.25, 0.3) is 0 Å². The number of nitrogens with one attached hydrogen (secondary N) is 2. The number of hydrazone groups is 1. The van der Waals surface area contributed by atoms with Gasteiger partial charge in [0.1, 0.15) is 5.75 Å². The summed E-state index contributed by atoms with van der Waals surface area (Å²) in [5, 5.41) is 6.68. The number of benzene rings is 3. The Morgan fingerprint density at radius 2 is 1.59 bits per heavy atom. The zero-order valence-corrected chi connectivity index (χ0v) is 19.2. The lowest BCUT2D eigenvalue weighted by Gasteiger charge is -2.06. The van der Waals surface area contributed by atoms with E-state index in [1.807, 2.05) is 0 Å². The predicted octanol–water partition coefficient (Wildman–Crippen LogP) is 5.06. The maximum atomic E-state index is 12.1. The number of hydrogen-bond acceptors (Lipinski definition) is 5. The van der Waals surface area contributed by atoms with Crippen LogP contribution in [0.5, 0.6) is 5.75 Å². The van der Waals surface area contributed by atoms with Crippen molar-refractivity contribution < 1.29 is 19.1 Å². The van der Waals surface area contributed by atoms with Gasteiger partial charge in [-0.05, 0) is 72.3 Å². The first-order chi connectivity index (χ1) is 15.3. The molecule has 162 valence electrons. The summed E-state index contributed by atoms with van der Waals surface area (Å²) in [5.74, 6) is -2.09. The van der Waals surface area contributed by atoms with Crippen LogP contribution in [0.15, 0.2) is 76.3 Å². The van der Waals surface area contributed by atoms with E-state index in [9.17, 15) is 14.4 Å². The third-order valence-electron chi connectivity index (χ3n) is 3.93. The molecule has 0 aliphatic rings. The number of carbonyl (C=O) groups is 3. The van der Waals surface area contributed by atoms with Crippen LogP contribution >= 0.6 is 39.1 Å². The van der Waals surface area contributed by atoms with E-state index in [2.05, 4.69) is 31.8 Å². The number of carbonyl (C=O) groups excluding carboxylic acids is 3. The van der Waals surface area contributed by atoms with Crippen molar-refractivity contribution in [1.29, 1.82) is 0 Å². The second-order valence-electron chi connectivity index (χ2n) is 6.24. The molecule has 2 N–H and O–H groups in total. The Morgan fingerprint density at radius 1 is 0.906 bits per heavy atom. The Balaban J connectivity index is 1.52. The van der Waals surface area contributed by atoms with Crippen LogP contribution in [-0.4, -0.2) is 24.0 Å². The topological polar surface area (TPSA) is 96.9 Å². The Hall–Kier alpha value is -3.20. The van der Waals surface area contributed by atoms with E-state index in [4.69, 9.17) is 27.9 Å². The lowest BCUT2D eigenvalue weighted by molar-refractivity contribution is -0.136. The highest BCUT2D eigenvalue weighted by atomic mass is 79.9. The maximum absolute atomic E-state index is 12.1. The number of amides is 2. The minimum Gasteiger partial charge on any atom is -0.423 e. The van der Waals surface area contributed by atoms with Gasteiger partial charge in [-0.1, -0.05) is 39.1 Å². The Bertz CT molecular complexity index is 1180. The molecule has 0 aromatic heterocycles. The summed E-state index contributed by atoms with van der Waals surface area (Å²) in [7, 11) is 0. The van der Waals surface area contributed by atoms with Crippen molar-refractivity contribution in [2.75, 3.05) is 5.32 Å². The molecular formula is C22H14BrCl2N3O4. The van der Waals surface area contributed by atoms with Crippen LogP contribution in [0.1, 0.15) is 15.9 Å². The summed E-state index contributed by atoms with van der Waals surface area (Å²) in [6, 6.07) is 17.7. The van der Waals surface area contributed by atoms with Crippen LogP contribution in [0.2, 0.25) is 10.0 Å². The molecule has 3 rings (SSSR count). The van der Waals surface area contributed by atoms with E-state index in [1.165, 1.54) is 18.3 Å². The summed E-state index contributed by atoms with van der Waals surface area (Å²) in [4.78, 5) is 36.0. The minimum atomic E-state index is -0.989. The van der Waals surface area contributed by atoms with Crippen molar-refractivity contribution in [3.63, 3.8) is 0 Å². The Kier molecular flexibility index (Phi) is 7.99. The molecule has 0 spiro atoms. The van der Waals surface area contributed by atoms with E-state index in [-0.39, 0.29) is 10.7 Å². The van der Waals surface area contributed by atoms with Crippen LogP contribution in [-0.2, 0) is 9.59 Å². The van der Waals surface area contributed by atoms with Crippen LogP contribution in [0, 0.1) is 0 Å². The van der Waals surface area contributed by atoms with Gasteiger partial charge < -0.3 is 10.1 Å². The first-order valence-corrected chi connectivity index (χ1v) is 10.5. The van der Waals surface area contributed by atoms with Crippen LogP contribution in [0.3, 0.4) is 0 Å². The Morgan fingerprint density at radius 3 is 2.28 bits per heavy atom. The summed E-state index contributed by atoms with van der Waals surface area (Å²) in [5.41, 5.74) is 3.34. The molecule has 32 heavy (non-hydrogen) atoms. The molecule has 0 bridgehead atoms. The standard InChI is InChI=1S/C22H14BrCl2N3O4/c23-15-5-3-14(4-6-15)22(31)32-17-8-1-13(2-9-17)12-26-28-21(30)20(29)27-19-11-16(24)7-10-18(19)25/h1-12H,(H,27,29)(H,28,30)/b26-12-. The highest BCUT2D eigenvalue weighted by molar-refractivity contribution is 9.10. The van der Waals surface area contributed by atoms with Gasteiger partial charge in [0, 0.05) is 9.50 Å². The molecule has 0 atom stereocenters. The lowest BCUT2D eigenvalue weighted by Crippen LogP contribution is -2.32. The fourth-order valence-corrected chi connectivity index (χ4v) is 2.96. The van der Waals surface area contributed by atoms with E-state index in [1.54, 1.807) is 54.6 Å². The van der Waals surface area contributed by atoms with E-state index >= 15 is 0 Å². The molecule has 0 saturated heterocycles. The third kappa shape index (κ3) is 6.65. The van der Waals surface area contributed by atoms with Crippen LogP contribution < -0.4 is 15.5 Å². The molecule has 0 unspecified atom stereocenters. The summed E-state index contributed by atoms with van der Waals surface area (Å²) in [6.45, 7) is 0. The normalized spacial score (nSPS) is 10.6. The van der Waals surface area contributed by atoms with Gasteiger partial charge >= 0.3 is 17.8 Å². The van der Waals surface area contributed by atoms with Gasteiger partial charge in [0.2, 0.25) is 0 Å². The molecule has 0 aliphatic heterocycles. The maximum Gasteiger partial charge on any atom is 0.343 e. The minimum absolute atomic E-state index is 0.205. The van der Waals surface area contributed by atoms with Gasteiger partial charge in [-0.3, -0.25) is 9.59 Å². The molecule has 0 aliphatic carbocycles. The average molecular weight is 535 g/mol. The van der Waals surface area contributed by atoms with E-state index < -0.39 is 17.8 Å². The van der Waals surface area contributed by atoms with Crippen molar-refractivity contribution in [2.45, 2.75) is 0 Å². The second kappa shape index (κ2) is 10.9. The van der Waals surface area contributed by atoms with Gasteiger partial charge in [-0.15, -0.1) is 0 Å². The van der Waals surface area contributed by atoms with Crippen LogP contribution in [0.4, 0.5) is 5.69 Å². The molecule has 7 nitrogen and oxygen atoms in total. The van der Waals surface area contributed by atoms with Crippen molar-refractivity contribution in [3.8, 4) is 5.75 Å². The van der Waals surface area contributed by atoms with Gasteiger partial charge in [-0.2, -0.15) is 5.10 Å². The van der Waals surface area contributed by atoms with E-state index in [0.717, 1.165) is 4.47 Å². The van der Waals surface area contributed by atoms with Gasteiger partial charge in [0.05, 0.1) is 22.5 Å². The largest absolute Gasteiger partial charge is 0.423 e. The number of rotatable bonds is 5. The smallest absolute Gasteiger partial charge is 0.343 e. The molecule has 2 amide bonds. The second-order valence-corrected chi connectivity index (χ2v) is 8.00. The highest BCUT2D eigenvalue weighted by Gasteiger charge is 2.15. The SMILES string of the molecule is O=C(N/N=C\c1ccc(OC(=O)c2ccc(Br)cc2)cc1)C(=O)Nc1cc(Cl)ccc1Cl. The number of ether oxygens (including phenoxy) is 1. The van der Waals surface area contributed by atoms with Crippen molar-refractivity contribution in [2.24, 2.45) is 5.10 Å². The van der Waals surface area contributed by atoms with Gasteiger partial charge in [-0.25, -0.2) is 10.2 Å². The molecule has 3 aromatic carbocycles. The number of esters is 1. The molecule has 0 radical (unpaired) electrons. The fraction of sp³-hybridized carbons (Fsp3) is 0. The zero-order valence-electron chi connectivity index (χ0n) is 16.1. The molecule has 0 heterocycles. The fourth-order valence-electron chi connectivity index (χ4n) is 2.36. The summed E-state index contributed by atoms with van der Waals surface area (Å²) < 4.78 is 6.16. The molecule has 10 heteroatoms. The lowest BCUT2D eigenvalue weighted by atomic mass is 10.2. The molecule has 0 fully saturated rings. The third-order valence-corrected chi connectivity index (χ3v) is 5.03. The van der Waals surface area contributed by atoms with Gasteiger partial charge in [0.15, 0.2) is 0 Å². The highest BCUT2D eigenvalue weighted by Crippen LogP contribution is 2.25. The Labute approximate surface area is 201 Å². The molecule has 3 aromatic rings. The summed E-state index contributed by atoms with van der Waals surface area (Å²) in [6.07, 6.45) is 1.33. The number of anilines is 1. The predicted molar refractivity (Wildman–Crippen MR) is 126 cm³/mol. The van der Waals surface area contributed by atoms with Crippen molar-refractivity contribution in [1.82, 2.24) is 5.43 Å². The number of nitrogens with zero attached hydrogens (tertiary/aromatic N) is 1. The molecular weight excluding hydrogens is 521 g/mol. The molecule has 0 saturated carbocycles. The van der Waals surface area contributed by atoms with E-state index in [0.29, 0.717) is 21.9 Å². The number of hydrogen-bond donors (Lipinski definition) is 2. The number of halogens is 3. The van der Waals surface area contributed by atoms with Crippen molar-refractivity contribution >= 4 is 68.8 Å². The van der Waals surface area contributed by atoms with Gasteiger partial charge in [0.25, 0.3) is 0 Å². The first kappa shape index (κ1) is 23.5. The quantitative estimate of drug-likeness (QED) is 0.157. The zero-order chi connectivity index (χ0) is 23.1. The monoisotopic (exact) mass is 533 g/mol. The van der Waals surface area contributed by atoms with Crippen molar-refractivity contribution in [3.05, 3.63) is 92.4 Å².